The Labute approximate surface area is 151 Å². The van der Waals surface area contributed by atoms with E-state index in [1.54, 1.807) is 24.4 Å². The number of rotatable bonds is 4. The molecule has 0 radical (unpaired) electrons. The van der Waals surface area contributed by atoms with Crippen molar-refractivity contribution in [2.45, 2.75) is 18.9 Å². The van der Waals surface area contributed by atoms with Crippen molar-refractivity contribution in [3.05, 3.63) is 49.3 Å². The van der Waals surface area contributed by atoms with Gasteiger partial charge in [0.2, 0.25) is 0 Å². The molecule has 0 spiro atoms. The summed E-state index contributed by atoms with van der Waals surface area (Å²) in [7, 11) is 0. The van der Waals surface area contributed by atoms with Crippen LogP contribution in [0.25, 0.3) is 5.69 Å². The molecule has 1 aromatic carbocycles. The Balaban J connectivity index is 1.90. The van der Waals surface area contributed by atoms with E-state index in [0.29, 0.717) is 32.4 Å². The Morgan fingerprint density at radius 1 is 1.39 bits per heavy atom. The fourth-order valence-corrected chi connectivity index (χ4v) is 3.40. The number of para-hydroxylation sites is 1. The summed E-state index contributed by atoms with van der Waals surface area (Å²) >= 11 is 15.6. The van der Waals surface area contributed by atoms with E-state index in [0.717, 1.165) is 19.4 Å². The van der Waals surface area contributed by atoms with Crippen LogP contribution in [0.1, 0.15) is 12.8 Å². The first-order valence-electron chi connectivity index (χ1n) is 7.15. The van der Waals surface area contributed by atoms with Gasteiger partial charge in [-0.05, 0) is 40.9 Å². The van der Waals surface area contributed by atoms with Crippen LogP contribution in [0.2, 0.25) is 10.0 Å². The molecule has 1 aliphatic rings. The molecule has 3 rings (SSSR count). The van der Waals surface area contributed by atoms with Crippen molar-refractivity contribution in [2.24, 2.45) is 0 Å². The summed E-state index contributed by atoms with van der Waals surface area (Å²) < 4.78 is 7.12. The van der Waals surface area contributed by atoms with E-state index in [9.17, 15) is 4.79 Å². The zero-order valence-electron chi connectivity index (χ0n) is 12.1. The number of halogens is 3. The van der Waals surface area contributed by atoms with Crippen LogP contribution in [0, 0.1) is 0 Å². The summed E-state index contributed by atoms with van der Waals surface area (Å²) in [4.78, 5) is 12.6. The van der Waals surface area contributed by atoms with Crippen molar-refractivity contribution in [2.75, 3.05) is 18.5 Å². The van der Waals surface area contributed by atoms with Crippen molar-refractivity contribution in [3.63, 3.8) is 0 Å². The fraction of sp³-hybridized carbons (Fsp3) is 0.333. The maximum absolute atomic E-state index is 12.6. The first-order valence-corrected chi connectivity index (χ1v) is 8.70. The van der Waals surface area contributed by atoms with Crippen LogP contribution in [0.5, 0.6) is 0 Å². The number of nitrogens with one attached hydrogen (secondary N) is 1. The third kappa shape index (κ3) is 3.55. The summed E-state index contributed by atoms with van der Waals surface area (Å²) in [6.07, 6.45) is 3.82. The molecule has 122 valence electrons. The molecular formula is C15H14BrCl2N3O2. The van der Waals surface area contributed by atoms with Gasteiger partial charge in [-0.15, -0.1) is 0 Å². The van der Waals surface area contributed by atoms with Gasteiger partial charge in [-0.1, -0.05) is 29.3 Å². The highest BCUT2D eigenvalue weighted by molar-refractivity contribution is 9.10. The molecule has 23 heavy (non-hydrogen) atoms. The van der Waals surface area contributed by atoms with Crippen molar-refractivity contribution in [1.82, 2.24) is 9.78 Å². The number of hydrogen-bond donors (Lipinski definition) is 1. The number of anilines is 1. The summed E-state index contributed by atoms with van der Waals surface area (Å²) in [5.41, 5.74) is 0.648. The van der Waals surface area contributed by atoms with Gasteiger partial charge in [-0.25, -0.2) is 0 Å². The number of aromatic nitrogens is 2. The Bertz CT molecular complexity index is 756. The normalized spacial score (nSPS) is 17.4. The third-order valence-electron chi connectivity index (χ3n) is 3.61. The van der Waals surface area contributed by atoms with Gasteiger partial charge in [-0.2, -0.15) is 9.78 Å². The first kappa shape index (κ1) is 16.8. The molecule has 1 N–H and O–H groups in total. The first-order chi connectivity index (χ1) is 11.1. The molecule has 0 saturated carbocycles. The van der Waals surface area contributed by atoms with Gasteiger partial charge in [0.15, 0.2) is 0 Å². The number of hydrogen-bond acceptors (Lipinski definition) is 4. The third-order valence-corrected chi connectivity index (χ3v) is 4.99. The van der Waals surface area contributed by atoms with E-state index in [-0.39, 0.29) is 11.7 Å². The molecule has 1 unspecified atom stereocenters. The van der Waals surface area contributed by atoms with E-state index in [1.165, 1.54) is 4.68 Å². The van der Waals surface area contributed by atoms with Gasteiger partial charge in [-0.3, -0.25) is 4.79 Å². The molecule has 0 amide bonds. The van der Waals surface area contributed by atoms with E-state index < -0.39 is 0 Å². The van der Waals surface area contributed by atoms with Crippen LogP contribution in [0.3, 0.4) is 0 Å². The topological polar surface area (TPSA) is 56.1 Å². The van der Waals surface area contributed by atoms with E-state index >= 15 is 0 Å². The average molecular weight is 419 g/mol. The maximum atomic E-state index is 12.6. The zero-order valence-corrected chi connectivity index (χ0v) is 15.2. The van der Waals surface area contributed by atoms with Crippen LogP contribution >= 0.6 is 39.1 Å². The lowest BCUT2D eigenvalue weighted by molar-refractivity contribution is 0.120. The minimum absolute atomic E-state index is 0.169. The fourth-order valence-electron chi connectivity index (χ4n) is 2.44. The van der Waals surface area contributed by atoms with Crippen molar-refractivity contribution < 1.29 is 4.74 Å². The second kappa shape index (κ2) is 7.21. The molecule has 0 aliphatic carbocycles. The smallest absolute Gasteiger partial charge is 0.288 e. The minimum atomic E-state index is -0.336. The molecule has 1 saturated heterocycles. The number of benzene rings is 1. The molecule has 1 atom stereocenters. The van der Waals surface area contributed by atoms with Gasteiger partial charge in [0.25, 0.3) is 5.56 Å². The lowest BCUT2D eigenvalue weighted by Crippen LogP contribution is -2.25. The van der Waals surface area contributed by atoms with Crippen LogP contribution in [-0.2, 0) is 4.74 Å². The van der Waals surface area contributed by atoms with Gasteiger partial charge in [0.05, 0.1) is 28.0 Å². The number of nitrogens with zero attached hydrogens (tertiary/aromatic N) is 2. The molecule has 8 heteroatoms. The molecule has 2 aromatic rings. The highest BCUT2D eigenvalue weighted by atomic mass is 79.9. The standard InChI is InChI=1S/C15H14BrCl2N3O2/c16-13-12(19-7-9-3-2-6-23-9)8-20-21(15(13)22)14-10(17)4-1-5-11(14)18/h1,4-5,8-9,19H,2-3,6-7H2. The predicted octanol–water partition coefficient (Wildman–Crippen LogP) is 3.89. The van der Waals surface area contributed by atoms with Gasteiger partial charge in [0, 0.05) is 13.2 Å². The van der Waals surface area contributed by atoms with E-state index in [1.807, 2.05) is 0 Å². The second-order valence-corrected chi connectivity index (χ2v) is 6.78. The monoisotopic (exact) mass is 417 g/mol. The summed E-state index contributed by atoms with van der Waals surface area (Å²) in [6, 6.07) is 5.04. The lowest BCUT2D eigenvalue weighted by Gasteiger charge is -2.14. The van der Waals surface area contributed by atoms with Gasteiger partial charge >= 0.3 is 0 Å². The quantitative estimate of drug-likeness (QED) is 0.818. The van der Waals surface area contributed by atoms with Crippen LogP contribution in [0.4, 0.5) is 5.69 Å². The second-order valence-electron chi connectivity index (χ2n) is 5.18. The Morgan fingerprint density at radius 3 is 2.78 bits per heavy atom. The summed E-state index contributed by atoms with van der Waals surface area (Å²) in [5, 5.41) is 8.09. The molecule has 1 fully saturated rings. The molecular weight excluding hydrogens is 405 g/mol. The lowest BCUT2D eigenvalue weighted by atomic mass is 10.2. The maximum Gasteiger partial charge on any atom is 0.288 e. The van der Waals surface area contributed by atoms with Crippen molar-refractivity contribution in [3.8, 4) is 5.69 Å². The average Bonchev–Trinajstić information content (AvgIpc) is 3.04. The Morgan fingerprint density at radius 2 is 2.13 bits per heavy atom. The molecule has 1 aliphatic heterocycles. The molecule has 2 heterocycles. The van der Waals surface area contributed by atoms with Gasteiger partial charge in [0.1, 0.15) is 10.2 Å². The van der Waals surface area contributed by atoms with E-state index in [4.69, 9.17) is 27.9 Å². The van der Waals surface area contributed by atoms with Crippen LogP contribution in [-0.4, -0.2) is 29.0 Å². The Kier molecular flexibility index (Phi) is 5.26. The van der Waals surface area contributed by atoms with Gasteiger partial charge < -0.3 is 10.1 Å². The highest BCUT2D eigenvalue weighted by Crippen LogP contribution is 2.28. The SMILES string of the molecule is O=c1c(Br)c(NCC2CCCO2)cnn1-c1c(Cl)cccc1Cl. The molecule has 1 aromatic heterocycles. The van der Waals surface area contributed by atoms with Crippen molar-refractivity contribution >= 4 is 44.8 Å². The summed E-state index contributed by atoms with van der Waals surface area (Å²) in [6.45, 7) is 1.43. The van der Waals surface area contributed by atoms with Crippen molar-refractivity contribution in [1.29, 1.82) is 0 Å². The van der Waals surface area contributed by atoms with Crippen LogP contribution in [0.15, 0.2) is 33.7 Å². The highest BCUT2D eigenvalue weighted by Gasteiger charge is 2.18. The molecule has 5 nitrogen and oxygen atoms in total. The predicted molar refractivity (Wildman–Crippen MR) is 95.0 cm³/mol. The zero-order chi connectivity index (χ0) is 16.4. The summed E-state index contributed by atoms with van der Waals surface area (Å²) in [5.74, 6) is 0. The minimum Gasteiger partial charge on any atom is -0.380 e. The largest absolute Gasteiger partial charge is 0.380 e. The van der Waals surface area contributed by atoms with E-state index in [2.05, 4.69) is 26.3 Å². The number of ether oxygens (including phenoxy) is 1. The molecule has 0 bridgehead atoms. The Hall–Kier alpha value is -1.08. The van der Waals surface area contributed by atoms with Crippen LogP contribution < -0.4 is 10.9 Å².